The first-order valence-electron chi connectivity index (χ1n) is 15.3. The van der Waals surface area contributed by atoms with E-state index in [-0.39, 0.29) is 11.9 Å². The summed E-state index contributed by atoms with van der Waals surface area (Å²) in [6.45, 7) is 4.78. The van der Waals surface area contributed by atoms with Crippen LogP contribution in [0, 0.1) is 6.92 Å². The van der Waals surface area contributed by atoms with E-state index in [1.54, 1.807) is 12.3 Å². The summed E-state index contributed by atoms with van der Waals surface area (Å²) in [4.78, 5) is 26.7. The number of amides is 1. The average molecular weight is 625 g/mol. The standard InChI is InChI=1S/C36H35F3N6O/c1-26-22-31(15-18-40-26)42-30-12-7-28(8-13-30)24-45(35(46)14-9-27-5-10-29(11-6-27)36(37,38)39)32-16-20-43(21-17-32)25-33-23-41-34-4-2-3-19-44(33)34/h2-15,18-19,22-23,32H,16-17,20-21,24-25H2,1H3,(H,40,42)/b14-9+. The Labute approximate surface area is 266 Å². The molecule has 0 spiro atoms. The monoisotopic (exact) mass is 624 g/mol. The molecule has 0 aliphatic carbocycles. The minimum Gasteiger partial charge on any atom is -0.355 e. The van der Waals surface area contributed by atoms with Gasteiger partial charge < -0.3 is 14.6 Å². The van der Waals surface area contributed by atoms with E-state index in [0.29, 0.717) is 12.1 Å². The molecule has 46 heavy (non-hydrogen) atoms. The zero-order valence-electron chi connectivity index (χ0n) is 25.5. The molecule has 3 aromatic heterocycles. The summed E-state index contributed by atoms with van der Waals surface area (Å²) in [5, 5.41) is 3.38. The molecule has 6 rings (SSSR count). The molecule has 0 radical (unpaired) electrons. The Morgan fingerprint density at radius 2 is 1.74 bits per heavy atom. The predicted molar refractivity (Wildman–Crippen MR) is 173 cm³/mol. The van der Waals surface area contributed by atoms with Crippen LogP contribution in [0.1, 0.15) is 40.9 Å². The molecule has 1 N–H and O–H groups in total. The molecule has 1 fully saturated rings. The van der Waals surface area contributed by atoms with Crippen LogP contribution in [0.25, 0.3) is 11.7 Å². The summed E-state index contributed by atoms with van der Waals surface area (Å²) in [6, 6.07) is 22.7. The van der Waals surface area contributed by atoms with Gasteiger partial charge >= 0.3 is 6.18 Å². The van der Waals surface area contributed by atoms with E-state index in [4.69, 9.17) is 0 Å². The number of carbonyl (C=O) groups excluding carboxylic acids is 1. The summed E-state index contributed by atoms with van der Waals surface area (Å²) in [5.41, 5.74) is 5.64. The first-order chi connectivity index (χ1) is 22.2. The molecular formula is C36H35F3N6O. The number of imidazole rings is 1. The van der Waals surface area contributed by atoms with E-state index < -0.39 is 11.7 Å². The number of rotatable bonds is 9. The maximum Gasteiger partial charge on any atom is 0.416 e. The summed E-state index contributed by atoms with van der Waals surface area (Å²) in [5.74, 6) is -0.172. The Balaban J connectivity index is 1.15. The summed E-state index contributed by atoms with van der Waals surface area (Å²) in [6.07, 6.45) is 5.95. The van der Waals surface area contributed by atoms with Gasteiger partial charge in [0.1, 0.15) is 5.65 Å². The molecule has 1 aliphatic heterocycles. The lowest BCUT2D eigenvalue weighted by Crippen LogP contribution is -2.46. The van der Waals surface area contributed by atoms with Crippen molar-refractivity contribution < 1.29 is 18.0 Å². The summed E-state index contributed by atoms with van der Waals surface area (Å²) < 4.78 is 41.1. The number of carbonyl (C=O) groups is 1. The van der Waals surface area contributed by atoms with E-state index in [1.807, 2.05) is 78.8 Å². The smallest absolute Gasteiger partial charge is 0.355 e. The molecule has 0 bridgehead atoms. The molecule has 0 unspecified atom stereocenters. The first kappa shape index (κ1) is 31.0. The van der Waals surface area contributed by atoms with Gasteiger partial charge in [0, 0.05) is 67.8 Å². The second-order valence-electron chi connectivity index (χ2n) is 11.6. The third-order valence-corrected chi connectivity index (χ3v) is 8.31. The van der Waals surface area contributed by atoms with Crippen molar-refractivity contribution >= 4 is 29.0 Å². The Bertz CT molecular complexity index is 1810. The van der Waals surface area contributed by atoms with E-state index in [0.717, 1.165) is 78.6 Å². The Morgan fingerprint density at radius 3 is 2.46 bits per heavy atom. The highest BCUT2D eigenvalue weighted by Crippen LogP contribution is 2.29. The van der Waals surface area contributed by atoms with Gasteiger partial charge in [-0.05, 0) is 85.5 Å². The molecule has 1 saturated heterocycles. The zero-order chi connectivity index (χ0) is 32.1. The van der Waals surface area contributed by atoms with Gasteiger partial charge in [-0.25, -0.2) is 4.98 Å². The molecule has 1 amide bonds. The number of alkyl halides is 3. The number of likely N-dealkylation sites (tertiary alicyclic amines) is 1. The summed E-state index contributed by atoms with van der Waals surface area (Å²) >= 11 is 0. The number of hydrogen-bond donors (Lipinski definition) is 1. The topological polar surface area (TPSA) is 65.8 Å². The van der Waals surface area contributed by atoms with Crippen LogP contribution in [0.3, 0.4) is 0 Å². The van der Waals surface area contributed by atoms with Gasteiger partial charge in [-0.2, -0.15) is 13.2 Å². The van der Waals surface area contributed by atoms with Gasteiger partial charge in [0.15, 0.2) is 0 Å². The quantitative estimate of drug-likeness (QED) is 0.172. The number of anilines is 2. The van der Waals surface area contributed by atoms with Crippen molar-refractivity contribution in [3.05, 3.63) is 132 Å². The zero-order valence-corrected chi connectivity index (χ0v) is 25.5. The lowest BCUT2D eigenvalue weighted by Gasteiger charge is -2.38. The number of benzene rings is 2. The SMILES string of the molecule is Cc1cc(Nc2ccc(CN(C(=O)/C=C/c3ccc(C(F)(F)F)cc3)C3CCN(Cc4cnc5ccccn45)CC3)cc2)ccn1. The lowest BCUT2D eigenvalue weighted by atomic mass is 10.0. The van der Waals surface area contributed by atoms with Crippen LogP contribution in [0.5, 0.6) is 0 Å². The Hall–Kier alpha value is -4.96. The molecular weight excluding hydrogens is 589 g/mol. The second-order valence-corrected chi connectivity index (χ2v) is 11.6. The molecule has 0 saturated carbocycles. The van der Waals surface area contributed by atoms with Crippen molar-refractivity contribution in [3.8, 4) is 0 Å². The average Bonchev–Trinajstić information content (AvgIpc) is 3.46. The maximum atomic E-state index is 13.7. The van der Waals surface area contributed by atoms with Crippen molar-refractivity contribution in [1.29, 1.82) is 0 Å². The number of aromatic nitrogens is 3. The third-order valence-electron chi connectivity index (χ3n) is 8.31. The van der Waals surface area contributed by atoms with Gasteiger partial charge in [-0.1, -0.05) is 30.3 Å². The molecule has 10 heteroatoms. The molecule has 0 atom stereocenters. The number of fused-ring (bicyclic) bond motifs is 1. The van der Waals surface area contributed by atoms with Gasteiger partial charge in [-0.3, -0.25) is 14.7 Å². The molecule has 5 aromatic rings. The van der Waals surface area contributed by atoms with E-state index >= 15 is 0 Å². The largest absolute Gasteiger partial charge is 0.416 e. The highest BCUT2D eigenvalue weighted by atomic mass is 19.4. The Morgan fingerprint density at radius 1 is 0.978 bits per heavy atom. The number of hydrogen-bond acceptors (Lipinski definition) is 5. The van der Waals surface area contributed by atoms with Gasteiger partial charge in [0.2, 0.25) is 5.91 Å². The van der Waals surface area contributed by atoms with Crippen LogP contribution in [0.15, 0.2) is 104 Å². The number of halogens is 3. The fourth-order valence-electron chi connectivity index (χ4n) is 5.83. The minimum absolute atomic E-state index is 0.0146. The normalized spacial score (nSPS) is 14.6. The molecule has 4 heterocycles. The van der Waals surface area contributed by atoms with Gasteiger partial charge in [0.05, 0.1) is 17.5 Å². The first-order valence-corrected chi connectivity index (χ1v) is 15.3. The fraction of sp³-hybridized carbons (Fsp3) is 0.250. The van der Waals surface area contributed by atoms with E-state index in [1.165, 1.54) is 18.2 Å². The molecule has 7 nitrogen and oxygen atoms in total. The van der Waals surface area contributed by atoms with Gasteiger partial charge in [0.25, 0.3) is 0 Å². The number of piperidine rings is 1. The van der Waals surface area contributed by atoms with Crippen LogP contribution in [0.4, 0.5) is 24.5 Å². The van der Waals surface area contributed by atoms with Crippen molar-refractivity contribution in [1.82, 2.24) is 24.2 Å². The van der Waals surface area contributed by atoms with Crippen molar-refractivity contribution in [2.75, 3.05) is 18.4 Å². The van der Waals surface area contributed by atoms with Crippen LogP contribution in [0.2, 0.25) is 0 Å². The highest BCUT2D eigenvalue weighted by Gasteiger charge is 2.30. The molecule has 236 valence electrons. The predicted octanol–water partition coefficient (Wildman–Crippen LogP) is 7.51. The van der Waals surface area contributed by atoms with Crippen LogP contribution in [-0.4, -0.2) is 49.2 Å². The second kappa shape index (κ2) is 13.6. The van der Waals surface area contributed by atoms with E-state index in [9.17, 15) is 18.0 Å². The third kappa shape index (κ3) is 7.63. The van der Waals surface area contributed by atoms with Gasteiger partial charge in [-0.15, -0.1) is 0 Å². The number of nitrogens with one attached hydrogen (secondary N) is 1. The van der Waals surface area contributed by atoms with Crippen molar-refractivity contribution in [2.24, 2.45) is 0 Å². The van der Waals surface area contributed by atoms with Crippen molar-refractivity contribution in [3.63, 3.8) is 0 Å². The van der Waals surface area contributed by atoms with Crippen LogP contribution >= 0.6 is 0 Å². The fourth-order valence-corrected chi connectivity index (χ4v) is 5.83. The Kier molecular flexibility index (Phi) is 9.16. The molecule has 2 aromatic carbocycles. The van der Waals surface area contributed by atoms with Crippen molar-refractivity contribution in [2.45, 2.75) is 45.1 Å². The highest BCUT2D eigenvalue weighted by molar-refractivity contribution is 5.92. The number of aryl methyl sites for hydroxylation is 1. The summed E-state index contributed by atoms with van der Waals surface area (Å²) in [7, 11) is 0. The minimum atomic E-state index is -4.41. The molecule has 1 aliphatic rings. The lowest BCUT2D eigenvalue weighted by molar-refractivity contribution is -0.137. The number of nitrogens with zero attached hydrogens (tertiary/aromatic N) is 5. The maximum absolute atomic E-state index is 13.7. The van der Waals surface area contributed by atoms with E-state index in [2.05, 4.69) is 24.6 Å². The van der Waals surface area contributed by atoms with Crippen LogP contribution in [-0.2, 0) is 24.1 Å². The van der Waals surface area contributed by atoms with Crippen LogP contribution < -0.4 is 5.32 Å². The number of pyridine rings is 2.